The van der Waals surface area contributed by atoms with E-state index in [2.05, 4.69) is 5.92 Å². The summed E-state index contributed by atoms with van der Waals surface area (Å²) in [5, 5.41) is 1.84. The molecule has 0 saturated carbocycles. The minimum absolute atomic E-state index is 0.224. The fourth-order valence-corrected chi connectivity index (χ4v) is 0.993. The molecule has 0 amide bonds. The van der Waals surface area contributed by atoms with E-state index < -0.39 is 23.1 Å². The van der Waals surface area contributed by atoms with Crippen molar-refractivity contribution in [3.8, 4) is 11.2 Å². The molecule has 0 aromatic heterocycles. The Bertz CT molecular complexity index is 372. The average Bonchev–Trinajstić information content (AvgIpc) is 2.01. The summed E-state index contributed by atoms with van der Waals surface area (Å²) < 4.78 is 47.4. The smallest absolute Gasteiger partial charge is 0.207 e. The summed E-state index contributed by atoms with van der Waals surface area (Å²) in [5.41, 5.74) is -4.15. The lowest BCUT2D eigenvalue weighted by molar-refractivity contribution is -0.0318. The van der Waals surface area contributed by atoms with Gasteiger partial charge in [0, 0.05) is 17.3 Å². The van der Waals surface area contributed by atoms with Crippen LogP contribution in [0.2, 0.25) is 0 Å². The first-order valence-electron chi connectivity index (χ1n) is 3.49. The quantitative estimate of drug-likeness (QED) is 0.477. The Morgan fingerprint density at radius 2 is 1.93 bits per heavy atom. The maximum Gasteiger partial charge on any atom is 0.453 e. The van der Waals surface area contributed by atoms with E-state index in [1.165, 1.54) is 18.2 Å². The van der Waals surface area contributed by atoms with Crippen molar-refractivity contribution in [3.63, 3.8) is 0 Å². The average molecular weight is 220 g/mol. The van der Waals surface area contributed by atoms with Crippen LogP contribution in [0.4, 0.5) is 17.6 Å². The maximum atomic E-state index is 12.5. The number of alkyl halides is 3. The summed E-state index contributed by atoms with van der Waals surface area (Å²) in [4.78, 5) is 0. The third kappa shape index (κ3) is 4.19. The Morgan fingerprint density at radius 3 is 2.50 bits per heavy atom. The molecule has 0 aliphatic carbocycles. The number of thioether (sulfide) groups is 1. The van der Waals surface area contributed by atoms with Crippen molar-refractivity contribution < 1.29 is 17.6 Å². The van der Waals surface area contributed by atoms with Crippen LogP contribution in [-0.2, 0) is 0 Å². The largest absolute Gasteiger partial charge is 0.453 e. The van der Waals surface area contributed by atoms with Crippen molar-refractivity contribution in [1.29, 1.82) is 0 Å². The van der Waals surface area contributed by atoms with E-state index >= 15 is 0 Å². The molecule has 1 aromatic rings. The molecule has 0 bridgehead atoms. The Balaban J connectivity index is 2.69. The molecule has 14 heavy (non-hydrogen) atoms. The third-order valence-electron chi connectivity index (χ3n) is 1.19. The Kier molecular flexibility index (Phi) is 3.42. The summed E-state index contributed by atoms with van der Waals surface area (Å²) in [7, 11) is 0. The number of benzene rings is 1. The van der Waals surface area contributed by atoms with Gasteiger partial charge in [-0.05, 0) is 23.5 Å². The second-order valence-corrected chi connectivity index (χ2v) is 3.16. The first kappa shape index (κ1) is 10.9. The highest BCUT2D eigenvalue weighted by atomic mass is 32.2. The molecule has 74 valence electrons. The molecule has 0 saturated heterocycles. The van der Waals surface area contributed by atoms with E-state index in [1.54, 1.807) is 0 Å². The summed E-state index contributed by atoms with van der Waals surface area (Å²) in [6, 6.07) is 5.09. The molecular formula is C9H4F4S. The van der Waals surface area contributed by atoms with Gasteiger partial charge >= 0.3 is 5.51 Å². The Hall–Kier alpha value is -1.15. The van der Waals surface area contributed by atoms with Crippen LogP contribution >= 0.6 is 11.8 Å². The molecular weight excluding hydrogens is 216 g/mol. The normalized spacial score (nSPS) is 10.6. The van der Waals surface area contributed by atoms with E-state index in [1.807, 2.05) is 5.25 Å². The molecule has 0 atom stereocenters. The van der Waals surface area contributed by atoms with Gasteiger partial charge in [0.2, 0.25) is 0 Å². The van der Waals surface area contributed by atoms with Crippen LogP contribution in [0.5, 0.6) is 0 Å². The van der Waals surface area contributed by atoms with Gasteiger partial charge in [0.1, 0.15) is 5.82 Å². The van der Waals surface area contributed by atoms with Gasteiger partial charge in [0.15, 0.2) is 0 Å². The van der Waals surface area contributed by atoms with Crippen molar-refractivity contribution in [2.45, 2.75) is 5.51 Å². The van der Waals surface area contributed by atoms with Crippen LogP contribution in [0, 0.1) is 17.0 Å². The van der Waals surface area contributed by atoms with E-state index in [4.69, 9.17) is 0 Å². The predicted octanol–water partition coefficient (Wildman–Crippen LogP) is 3.39. The van der Waals surface area contributed by atoms with Crippen molar-refractivity contribution in [1.82, 2.24) is 0 Å². The number of hydrogen-bond donors (Lipinski definition) is 0. The van der Waals surface area contributed by atoms with E-state index in [-0.39, 0.29) is 5.56 Å². The van der Waals surface area contributed by atoms with Crippen molar-refractivity contribution in [2.75, 3.05) is 0 Å². The Labute approximate surface area is 82.3 Å². The van der Waals surface area contributed by atoms with E-state index in [9.17, 15) is 17.6 Å². The van der Waals surface area contributed by atoms with Gasteiger partial charge in [-0.2, -0.15) is 13.2 Å². The number of hydrogen-bond acceptors (Lipinski definition) is 1. The minimum atomic E-state index is -4.37. The van der Waals surface area contributed by atoms with E-state index in [0.717, 1.165) is 6.07 Å². The van der Waals surface area contributed by atoms with Crippen molar-refractivity contribution in [2.24, 2.45) is 0 Å². The molecule has 0 aliphatic rings. The van der Waals surface area contributed by atoms with Crippen molar-refractivity contribution in [3.05, 3.63) is 35.6 Å². The second-order valence-electron chi connectivity index (χ2n) is 2.29. The molecule has 1 rings (SSSR count). The van der Waals surface area contributed by atoms with Gasteiger partial charge < -0.3 is 0 Å². The van der Waals surface area contributed by atoms with Crippen LogP contribution in [-0.4, -0.2) is 5.51 Å². The molecule has 5 heteroatoms. The molecule has 0 fully saturated rings. The zero-order valence-corrected chi connectivity index (χ0v) is 7.55. The van der Waals surface area contributed by atoms with Gasteiger partial charge in [0.25, 0.3) is 0 Å². The second kappa shape index (κ2) is 4.38. The zero-order chi connectivity index (χ0) is 10.6. The summed E-state index contributed by atoms with van der Waals surface area (Å²) >= 11 is -0.449. The fourth-order valence-electron chi connectivity index (χ4n) is 0.709. The fraction of sp³-hybridized carbons (Fsp3) is 0.111. The van der Waals surface area contributed by atoms with Gasteiger partial charge in [-0.3, -0.25) is 0 Å². The van der Waals surface area contributed by atoms with Gasteiger partial charge in [0.05, 0.1) is 0 Å². The first-order chi connectivity index (χ1) is 6.47. The molecule has 0 aliphatic heterocycles. The van der Waals surface area contributed by atoms with Crippen LogP contribution in [0.25, 0.3) is 0 Å². The van der Waals surface area contributed by atoms with Gasteiger partial charge in [-0.25, -0.2) is 4.39 Å². The van der Waals surface area contributed by atoms with Gasteiger partial charge in [-0.15, -0.1) is 0 Å². The highest BCUT2D eigenvalue weighted by Crippen LogP contribution is 2.28. The molecule has 0 heterocycles. The zero-order valence-electron chi connectivity index (χ0n) is 6.73. The molecule has 0 N–H and O–H groups in total. The SMILES string of the molecule is Fc1cccc(C#CSC(F)(F)F)c1. The summed E-state index contributed by atoms with van der Waals surface area (Å²) in [6.45, 7) is 0. The number of halogens is 4. The minimum Gasteiger partial charge on any atom is -0.207 e. The van der Waals surface area contributed by atoms with E-state index in [0.29, 0.717) is 0 Å². The molecule has 0 spiro atoms. The molecule has 0 nitrogen and oxygen atoms in total. The molecule has 0 unspecified atom stereocenters. The number of rotatable bonds is 0. The Morgan fingerprint density at radius 1 is 1.21 bits per heavy atom. The van der Waals surface area contributed by atoms with Crippen LogP contribution in [0.3, 0.4) is 0 Å². The predicted molar refractivity (Wildman–Crippen MR) is 46.9 cm³/mol. The monoisotopic (exact) mass is 220 g/mol. The third-order valence-corrected chi connectivity index (χ3v) is 1.62. The molecule has 1 aromatic carbocycles. The topological polar surface area (TPSA) is 0 Å². The van der Waals surface area contributed by atoms with Crippen molar-refractivity contribution >= 4 is 11.8 Å². The lowest BCUT2D eigenvalue weighted by atomic mass is 10.2. The highest BCUT2D eigenvalue weighted by molar-refractivity contribution is 8.04. The standard InChI is InChI=1S/C9H4F4S/c10-8-3-1-2-7(6-8)4-5-14-9(11,12)13/h1-3,6H. The first-order valence-corrected chi connectivity index (χ1v) is 4.30. The summed E-state index contributed by atoms with van der Waals surface area (Å²) in [6.07, 6.45) is 0. The maximum absolute atomic E-state index is 12.5. The van der Waals surface area contributed by atoms with Crippen LogP contribution in [0.15, 0.2) is 24.3 Å². The highest BCUT2D eigenvalue weighted by Gasteiger charge is 2.27. The summed E-state index contributed by atoms with van der Waals surface area (Å²) in [5.74, 6) is 1.68. The molecule has 0 radical (unpaired) electrons. The lowest BCUT2D eigenvalue weighted by Gasteiger charge is -1.96. The lowest BCUT2D eigenvalue weighted by Crippen LogP contribution is -1.96. The van der Waals surface area contributed by atoms with Gasteiger partial charge in [-0.1, -0.05) is 12.0 Å². The van der Waals surface area contributed by atoms with Crippen LogP contribution < -0.4 is 0 Å². The van der Waals surface area contributed by atoms with Crippen LogP contribution in [0.1, 0.15) is 5.56 Å².